The van der Waals surface area contributed by atoms with E-state index in [1.165, 1.54) is 4.88 Å². The highest BCUT2D eigenvalue weighted by molar-refractivity contribution is 7.15. The van der Waals surface area contributed by atoms with Crippen molar-refractivity contribution in [1.29, 1.82) is 0 Å². The van der Waals surface area contributed by atoms with Gasteiger partial charge in [-0.05, 0) is 13.8 Å². The Morgan fingerprint density at radius 2 is 2.24 bits per heavy atom. The maximum Gasteiger partial charge on any atom is 0.237 e. The van der Waals surface area contributed by atoms with Gasteiger partial charge in [0.25, 0.3) is 0 Å². The summed E-state index contributed by atoms with van der Waals surface area (Å²) in [4.78, 5) is 18.9. The topological polar surface area (TPSA) is 45.2 Å². The number of carbonyl (C=O) groups is 1. The minimum atomic E-state index is -0.477. The van der Waals surface area contributed by atoms with E-state index in [0.29, 0.717) is 6.54 Å². The third-order valence-electron chi connectivity index (χ3n) is 2.28. The van der Waals surface area contributed by atoms with Gasteiger partial charge in [0.2, 0.25) is 5.91 Å². The van der Waals surface area contributed by atoms with Crippen LogP contribution in [0.15, 0.2) is 0 Å². The van der Waals surface area contributed by atoms with Crippen molar-refractivity contribution < 1.29 is 4.79 Å². The van der Waals surface area contributed by atoms with Crippen molar-refractivity contribution in [2.24, 2.45) is 0 Å². The van der Waals surface area contributed by atoms with Crippen LogP contribution < -0.4 is 10.2 Å². The van der Waals surface area contributed by atoms with E-state index in [0.717, 1.165) is 17.2 Å². The van der Waals surface area contributed by atoms with Crippen molar-refractivity contribution in [2.45, 2.75) is 25.6 Å². The molecule has 0 aromatic carbocycles. The lowest BCUT2D eigenvalue weighted by molar-refractivity contribution is -0.120. The van der Waals surface area contributed by atoms with Crippen molar-refractivity contribution in [3.63, 3.8) is 0 Å². The highest BCUT2D eigenvalue weighted by atomic mass is 35.5. The molecule has 17 heavy (non-hydrogen) atoms. The molecule has 1 atom stereocenters. The largest absolute Gasteiger partial charge is 0.354 e. The zero-order chi connectivity index (χ0) is 13.0. The standard InChI is InChI=1S/C11H18ClN3OS/c1-7(12)10(16)13-6-5-9-8(2)14-11(17-9)15(3)4/h7H,5-6H2,1-4H3,(H,13,16). The minimum Gasteiger partial charge on any atom is -0.354 e. The van der Waals surface area contributed by atoms with Gasteiger partial charge >= 0.3 is 0 Å². The number of thiazole rings is 1. The van der Waals surface area contributed by atoms with Gasteiger partial charge in [-0.3, -0.25) is 4.79 Å². The predicted octanol–water partition coefficient (Wildman–Crippen LogP) is 1.80. The fourth-order valence-electron chi connectivity index (χ4n) is 1.28. The second kappa shape index (κ2) is 6.21. The second-order valence-electron chi connectivity index (χ2n) is 4.06. The van der Waals surface area contributed by atoms with Crippen LogP contribution in [0.2, 0.25) is 0 Å². The van der Waals surface area contributed by atoms with Crippen LogP contribution >= 0.6 is 22.9 Å². The number of hydrogen-bond acceptors (Lipinski definition) is 4. The van der Waals surface area contributed by atoms with Gasteiger partial charge in [0.1, 0.15) is 5.38 Å². The summed E-state index contributed by atoms with van der Waals surface area (Å²) in [5, 5.41) is 3.31. The van der Waals surface area contributed by atoms with Crippen molar-refractivity contribution in [3.8, 4) is 0 Å². The Kier molecular flexibility index (Phi) is 5.21. The average molecular weight is 276 g/mol. The second-order valence-corrected chi connectivity index (χ2v) is 5.77. The average Bonchev–Trinajstić information content (AvgIpc) is 2.60. The Bertz CT molecular complexity index is 390. The number of rotatable bonds is 5. The summed E-state index contributed by atoms with van der Waals surface area (Å²) in [6.07, 6.45) is 0.798. The molecule has 0 aliphatic carbocycles. The predicted molar refractivity (Wildman–Crippen MR) is 73.2 cm³/mol. The number of hydrogen-bond donors (Lipinski definition) is 1. The molecular formula is C11H18ClN3OS. The molecule has 6 heteroatoms. The Morgan fingerprint density at radius 3 is 2.71 bits per heavy atom. The van der Waals surface area contributed by atoms with E-state index < -0.39 is 5.38 Å². The van der Waals surface area contributed by atoms with E-state index in [4.69, 9.17) is 11.6 Å². The van der Waals surface area contributed by atoms with E-state index in [-0.39, 0.29) is 5.91 Å². The molecule has 96 valence electrons. The first kappa shape index (κ1) is 14.3. The van der Waals surface area contributed by atoms with Gasteiger partial charge in [0.15, 0.2) is 5.13 Å². The third-order valence-corrected chi connectivity index (χ3v) is 3.86. The molecule has 0 aliphatic rings. The number of amides is 1. The van der Waals surface area contributed by atoms with Crippen LogP contribution in [0, 0.1) is 6.92 Å². The normalized spacial score (nSPS) is 12.3. The molecular weight excluding hydrogens is 258 g/mol. The monoisotopic (exact) mass is 275 g/mol. The molecule has 0 saturated heterocycles. The van der Waals surface area contributed by atoms with E-state index in [1.807, 2.05) is 25.9 Å². The lowest BCUT2D eigenvalue weighted by atomic mass is 10.3. The highest BCUT2D eigenvalue weighted by Gasteiger charge is 2.11. The van der Waals surface area contributed by atoms with E-state index in [9.17, 15) is 4.79 Å². The minimum absolute atomic E-state index is 0.123. The number of anilines is 1. The Labute approximate surface area is 111 Å². The Hall–Kier alpha value is -0.810. The summed E-state index contributed by atoms with van der Waals surface area (Å²) in [5.41, 5.74) is 1.03. The maximum atomic E-state index is 11.3. The zero-order valence-corrected chi connectivity index (χ0v) is 12.2. The van der Waals surface area contributed by atoms with Gasteiger partial charge in [-0.15, -0.1) is 22.9 Å². The number of nitrogens with zero attached hydrogens (tertiary/aromatic N) is 2. The molecule has 0 fully saturated rings. The molecule has 0 bridgehead atoms. The van der Waals surface area contributed by atoms with Gasteiger partial charge in [0, 0.05) is 31.9 Å². The molecule has 1 heterocycles. The Morgan fingerprint density at radius 1 is 1.59 bits per heavy atom. The molecule has 0 saturated carbocycles. The number of carbonyl (C=O) groups excluding carboxylic acids is 1. The number of aryl methyl sites for hydroxylation is 1. The van der Waals surface area contributed by atoms with Crippen LogP contribution in [0.1, 0.15) is 17.5 Å². The fourth-order valence-corrected chi connectivity index (χ4v) is 2.34. The van der Waals surface area contributed by atoms with Crippen molar-refractivity contribution >= 4 is 34.0 Å². The molecule has 1 rings (SSSR count). The van der Waals surface area contributed by atoms with Crippen LogP contribution in [0.4, 0.5) is 5.13 Å². The van der Waals surface area contributed by atoms with Crippen LogP contribution in [-0.4, -0.2) is 36.9 Å². The van der Waals surface area contributed by atoms with Crippen LogP contribution in [0.25, 0.3) is 0 Å². The summed E-state index contributed by atoms with van der Waals surface area (Å²) in [6.45, 7) is 4.26. The lowest BCUT2D eigenvalue weighted by Crippen LogP contribution is -2.31. The molecule has 1 aromatic heterocycles. The van der Waals surface area contributed by atoms with Gasteiger partial charge in [-0.25, -0.2) is 4.98 Å². The maximum absolute atomic E-state index is 11.3. The third kappa shape index (κ3) is 4.16. The first-order chi connectivity index (χ1) is 7.91. The number of halogens is 1. The van der Waals surface area contributed by atoms with E-state index >= 15 is 0 Å². The quantitative estimate of drug-likeness (QED) is 0.834. The fraction of sp³-hybridized carbons (Fsp3) is 0.636. The highest BCUT2D eigenvalue weighted by Crippen LogP contribution is 2.24. The van der Waals surface area contributed by atoms with Crippen molar-refractivity contribution in [2.75, 3.05) is 25.5 Å². The van der Waals surface area contributed by atoms with Gasteiger partial charge in [0.05, 0.1) is 5.69 Å². The molecule has 1 unspecified atom stereocenters. The molecule has 1 amide bonds. The number of nitrogens with one attached hydrogen (secondary N) is 1. The smallest absolute Gasteiger partial charge is 0.237 e. The summed E-state index contributed by atoms with van der Waals surface area (Å²) in [6, 6.07) is 0. The van der Waals surface area contributed by atoms with Crippen molar-refractivity contribution in [1.82, 2.24) is 10.3 Å². The van der Waals surface area contributed by atoms with Crippen LogP contribution in [-0.2, 0) is 11.2 Å². The van der Waals surface area contributed by atoms with E-state index in [2.05, 4.69) is 10.3 Å². The summed E-state index contributed by atoms with van der Waals surface area (Å²) < 4.78 is 0. The summed E-state index contributed by atoms with van der Waals surface area (Å²) >= 11 is 7.32. The lowest BCUT2D eigenvalue weighted by Gasteiger charge is -2.06. The molecule has 0 radical (unpaired) electrons. The molecule has 0 spiro atoms. The summed E-state index contributed by atoms with van der Waals surface area (Å²) in [5.74, 6) is -0.123. The van der Waals surface area contributed by atoms with Gasteiger partial charge < -0.3 is 10.2 Å². The SMILES string of the molecule is Cc1nc(N(C)C)sc1CCNC(=O)C(C)Cl. The van der Waals surface area contributed by atoms with Crippen molar-refractivity contribution in [3.05, 3.63) is 10.6 Å². The number of alkyl halides is 1. The first-order valence-corrected chi connectivity index (χ1v) is 6.72. The molecule has 1 aromatic rings. The van der Waals surface area contributed by atoms with Gasteiger partial charge in [-0.1, -0.05) is 0 Å². The van der Waals surface area contributed by atoms with Gasteiger partial charge in [-0.2, -0.15) is 0 Å². The van der Waals surface area contributed by atoms with Crippen LogP contribution in [0.3, 0.4) is 0 Å². The summed E-state index contributed by atoms with van der Waals surface area (Å²) in [7, 11) is 3.94. The van der Waals surface area contributed by atoms with Crippen LogP contribution in [0.5, 0.6) is 0 Å². The molecule has 4 nitrogen and oxygen atoms in total. The van der Waals surface area contributed by atoms with E-state index in [1.54, 1.807) is 18.3 Å². The molecule has 0 aliphatic heterocycles. The zero-order valence-electron chi connectivity index (χ0n) is 10.6. The Balaban J connectivity index is 2.49. The molecule has 1 N–H and O–H groups in total. The number of aromatic nitrogens is 1. The first-order valence-electron chi connectivity index (χ1n) is 5.47.